The molecule has 1 aliphatic rings. The molecular weight excluding hydrogens is 354 g/mol. The highest BCUT2D eigenvalue weighted by Crippen LogP contribution is 2.27. The van der Waals surface area contributed by atoms with Crippen molar-refractivity contribution in [1.82, 2.24) is 0 Å². The van der Waals surface area contributed by atoms with Gasteiger partial charge < -0.3 is 19.2 Å². The first kappa shape index (κ1) is 18.2. The molecule has 1 amide bonds. The van der Waals surface area contributed by atoms with Crippen LogP contribution in [-0.4, -0.2) is 13.0 Å². The van der Waals surface area contributed by atoms with Gasteiger partial charge in [-0.05, 0) is 79.3 Å². The molecule has 144 valence electrons. The molecule has 0 saturated carbocycles. The summed E-state index contributed by atoms with van der Waals surface area (Å²) in [7, 11) is 1.57. The molecular formula is C23H23NO4. The number of anilines is 1. The Morgan fingerprint density at radius 3 is 2.79 bits per heavy atom. The molecule has 4 rings (SSSR count). The lowest BCUT2D eigenvalue weighted by molar-refractivity contribution is 0.0992. The Hall–Kier alpha value is -3.21. The van der Waals surface area contributed by atoms with Crippen LogP contribution >= 0.6 is 0 Å². The molecule has 0 unspecified atom stereocenters. The Balaban J connectivity index is 1.40. The van der Waals surface area contributed by atoms with E-state index in [0.29, 0.717) is 17.2 Å². The quantitative estimate of drug-likeness (QED) is 0.663. The van der Waals surface area contributed by atoms with Gasteiger partial charge in [-0.2, -0.15) is 0 Å². The number of nitrogens with one attached hydrogen (secondary N) is 1. The summed E-state index contributed by atoms with van der Waals surface area (Å²) in [5, 5.41) is 2.84. The van der Waals surface area contributed by atoms with Gasteiger partial charge in [0.1, 0.15) is 23.9 Å². The molecule has 5 nitrogen and oxygen atoms in total. The second-order valence-corrected chi connectivity index (χ2v) is 7.00. The standard InChI is InChI=1S/C23H23NO4/c1-15-6-10-21(26-2)20(12-15)24-23(25)22-11-9-19(28-22)14-27-18-8-7-16-4-3-5-17(16)13-18/h6-13H,3-5,14H2,1-2H3,(H,24,25). The molecule has 0 radical (unpaired) electrons. The molecule has 5 heteroatoms. The first-order valence-corrected chi connectivity index (χ1v) is 9.41. The molecule has 0 fully saturated rings. The van der Waals surface area contributed by atoms with Crippen LogP contribution in [0.5, 0.6) is 11.5 Å². The average Bonchev–Trinajstić information content (AvgIpc) is 3.35. The molecule has 0 aliphatic heterocycles. The second kappa shape index (κ2) is 7.80. The van der Waals surface area contributed by atoms with E-state index in [2.05, 4.69) is 17.4 Å². The summed E-state index contributed by atoms with van der Waals surface area (Å²) >= 11 is 0. The van der Waals surface area contributed by atoms with E-state index in [1.165, 1.54) is 17.5 Å². The smallest absolute Gasteiger partial charge is 0.291 e. The lowest BCUT2D eigenvalue weighted by Gasteiger charge is -2.10. The Morgan fingerprint density at radius 1 is 1.07 bits per heavy atom. The van der Waals surface area contributed by atoms with Crippen molar-refractivity contribution in [3.8, 4) is 11.5 Å². The van der Waals surface area contributed by atoms with E-state index < -0.39 is 0 Å². The van der Waals surface area contributed by atoms with Gasteiger partial charge in [-0.15, -0.1) is 0 Å². The summed E-state index contributed by atoms with van der Waals surface area (Å²) in [5.74, 6) is 1.93. The van der Waals surface area contributed by atoms with Crippen molar-refractivity contribution in [2.45, 2.75) is 32.8 Å². The van der Waals surface area contributed by atoms with Gasteiger partial charge in [0.15, 0.2) is 5.76 Å². The van der Waals surface area contributed by atoms with Crippen molar-refractivity contribution in [1.29, 1.82) is 0 Å². The molecule has 1 heterocycles. The number of methoxy groups -OCH3 is 1. The van der Waals surface area contributed by atoms with Crippen molar-refractivity contribution in [3.05, 3.63) is 76.7 Å². The van der Waals surface area contributed by atoms with E-state index in [9.17, 15) is 4.79 Å². The van der Waals surface area contributed by atoms with Gasteiger partial charge >= 0.3 is 0 Å². The maximum absolute atomic E-state index is 12.5. The first-order valence-electron chi connectivity index (χ1n) is 9.41. The number of furan rings is 1. The number of aryl methyl sites for hydroxylation is 3. The van der Waals surface area contributed by atoms with Crippen molar-refractivity contribution in [3.63, 3.8) is 0 Å². The first-order chi connectivity index (χ1) is 13.6. The summed E-state index contributed by atoms with van der Waals surface area (Å²) < 4.78 is 16.8. The maximum atomic E-state index is 12.5. The van der Waals surface area contributed by atoms with Gasteiger partial charge in [-0.3, -0.25) is 4.79 Å². The number of fused-ring (bicyclic) bond motifs is 1. The van der Waals surface area contributed by atoms with Crippen LogP contribution in [0.15, 0.2) is 52.9 Å². The third kappa shape index (κ3) is 3.88. The van der Waals surface area contributed by atoms with E-state index in [1.54, 1.807) is 19.2 Å². The molecule has 1 N–H and O–H groups in total. The Kier molecular flexibility index (Phi) is 5.06. The van der Waals surface area contributed by atoms with Gasteiger partial charge in [0, 0.05) is 0 Å². The van der Waals surface area contributed by atoms with Crippen LogP contribution in [-0.2, 0) is 19.4 Å². The van der Waals surface area contributed by atoms with Crippen LogP contribution < -0.4 is 14.8 Å². The van der Waals surface area contributed by atoms with Crippen molar-refractivity contribution in [2.75, 3.05) is 12.4 Å². The fourth-order valence-electron chi connectivity index (χ4n) is 3.47. The van der Waals surface area contributed by atoms with Crippen molar-refractivity contribution >= 4 is 11.6 Å². The van der Waals surface area contributed by atoms with E-state index >= 15 is 0 Å². The summed E-state index contributed by atoms with van der Waals surface area (Å²) in [4.78, 5) is 12.5. The van der Waals surface area contributed by atoms with Crippen molar-refractivity contribution < 1.29 is 18.7 Å². The van der Waals surface area contributed by atoms with Gasteiger partial charge in [0.25, 0.3) is 5.91 Å². The highest BCUT2D eigenvalue weighted by atomic mass is 16.5. The van der Waals surface area contributed by atoms with Crippen LogP contribution in [0.1, 0.15) is 39.4 Å². The summed E-state index contributed by atoms with van der Waals surface area (Å²) in [6.45, 7) is 2.23. The normalized spacial score (nSPS) is 12.5. The number of amides is 1. The van der Waals surface area contributed by atoms with Crippen molar-refractivity contribution in [2.24, 2.45) is 0 Å². The van der Waals surface area contributed by atoms with E-state index in [4.69, 9.17) is 13.9 Å². The SMILES string of the molecule is COc1ccc(C)cc1NC(=O)c1ccc(COc2ccc3c(c2)CCC3)o1. The van der Waals surface area contributed by atoms with E-state index in [-0.39, 0.29) is 18.3 Å². The minimum absolute atomic E-state index is 0.233. The Morgan fingerprint density at radius 2 is 1.93 bits per heavy atom. The minimum atomic E-state index is -0.326. The largest absolute Gasteiger partial charge is 0.495 e. The molecule has 1 aromatic heterocycles. The lowest BCUT2D eigenvalue weighted by atomic mass is 10.1. The molecule has 2 aromatic carbocycles. The number of carbonyl (C=O) groups is 1. The topological polar surface area (TPSA) is 60.7 Å². The van der Waals surface area contributed by atoms with Gasteiger partial charge in [0.2, 0.25) is 0 Å². The van der Waals surface area contributed by atoms with Crippen LogP contribution in [0.25, 0.3) is 0 Å². The third-order valence-electron chi connectivity index (χ3n) is 4.94. The number of hydrogen-bond acceptors (Lipinski definition) is 4. The fraction of sp³-hybridized carbons (Fsp3) is 0.261. The second-order valence-electron chi connectivity index (χ2n) is 7.00. The zero-order valence-corrected chi connectivity index (χ0v) is 16.1. The Labute approximate surface area is 164 Å². The summed E-state index contributed by atoms with van der Waals surface area (Å²) in [6, 6.07) is 15.2. The zero-order chi connectivity index (χ0) is 19.5. The molecule has 1 aliphatic carbocycles. The number of benzene rings is 2. The number of rotatable bonds is 6. The van der Waals surface area contributed by atoms with Crippen LogP contribution in [0.4, 0.5) is 5.69 Å². The van der Waals surface area contributed by atoms with Crippen LogP contribution in [0.2, 0.25) is 0 Å². The van der Waals surface area contributed by atoms with Gasteiger partial charge in [0.05, 0.1) is 12.8 Å². The highest BCUT2D eigenvalue weighted by Gasteiger charge is 2.15. The molecule has 0 spiro atoms. The molecule has 0 saturated heterocycles. The fourth-order valence-corrected chi connectivity index (χ4v) is 3.47. The average molecular weight is 377 g/mol. The predicted octanol–water partition coefficient (Wildman–Crippen LogP) is 4.92. The van der Waals surface area contributed by atoms with Gasteiger partial charge in [-0.25, -0.2) is 0 Å². The zero-order valence-electron chi connectivity index (χ0n) is 16.1. The third-order valence-corrected chi connectivity index (χ3v) is 4.94. The molecule has 28 heavy (non-hydrogen) atoms. The summed E-state index contributed by atoms with van der Waals surface area (Å²) in [5.41, 5.74) is 4.42. The van der Waals surface area contributed by atoms with E-state index in [0.717, 1.165) is 24.2 Å². The van der Waals surface area contributed by atoms with E-state index in [1.807, 2.05) is 31.2 Å². The highest BCUT2D eigenvalue weighted by molar-refractivity contribution is 6.03. The number of hydrogen-bond donors (Lipinski definition) is 1. The maximum Gasteiger partial charge on any atom is 0.291 e. The molecule has 0 atom stereocenters. The van der Waals surface area contributed by atoms with Crippen LogP contribution in [0.3, 0.4) is 0 Å². The minimum Gasteiger partial charge on any atom is -0.495 e. The monoisotopic (exact) mass is 377 g/mol. The number of ether oxygens (including phenoxy) is 2. The van der Waals surface area contributed by atoms with Crippen LogP contribution in [0, 0.1) is 6.92 Å². The predicted molar refractivity (Wildman–Crippen MR) is 107 cm³/mol. The molecule has 0 bridgehead atoms. The number of carbonyl (C=O) groups excluding carboxylic acids is 1. The van der Waals surface area contributed by atoms with Gasteiger partial charge in [-0.1, -0.05) is 12.1 Å². The Bertz CT molecular complexity index is 1010. The molecule has 3 aromatic rings. The summed E-state index contributed by atoms with van der Waals surface area (Å²) in [6.07, 6.45) is 3.47. The lowest BCUT2D eigenvalue weighted by Crippen LogP contribution is -2.12.